The van der Waals surface area contributed by atoms with Gasteiger partial charge in [-0.25, -0.2) is 14.3 Å². The first-order valence-corrected chi connectivity index (χ1v) is 7.85. The Morgan fingerprint density at radius 3 is 2.80 bits per heavy atom. The molecule has 9 heteroatoms. The first-order chi connectivity index (χ1) is 11.9. The van der Waals surface area contributed by atoms with Crippen LogP contribution in [0.15, 0.2) is 28.7 Å². The lowest BCUT2D eigenvalue weighted by Gasteiger charge is -2.32. The van der Waals surface area contributed by atoms with Gasteiger partial charge in [0.2, 0.25) is 5.82 Å². The average molecular weight is 346 g/mol. The molecule has 0 radical (unpaired) electrons. The number of carbonyl (C=O) groups is 2. The maximum absolute atomic E-state index is 12.6. The molecule has 9 nitrogen and oxygen atoms in total. The smallest absolute Gasteiger partial charge is 0.342 e. The van der Waals surface area contributed by atoms with E-state index in [4.69, 9.17) is 4.74 Å². The van der Waals surface area contributed by atoms with Crippen LogP contribution in [0.2, 0.25) is 0 Å². The van der Waals surface area contributed by atoms with E-state index >= 15 is 0 Å². The molecule has 1 aliphatic carbocycles. The van der Waals surface area contributed by atoms with E-state index in [2.05, 4.69) is 10.3 Å². The van der Waals surface area contributed by atoms with E-state index < -0.39 is 16.8 Å². The predicted octanol–water partition coefficient (Wildman–Crippen LogP) is 1.47. The number of hydrogen-bond donors (Lipinski definition) is 1. The lowest BCUT2D eigenvalue weighted by atomic mass is 9.78. The van der Waals surface area contributed by atoms with E-state index in [1.54, 1.807) is 6.92 Å². The minimum Gasteiger partial charge on any atom is -0.466 e. The van der Waals surface area contributed by atoms with Gasteiger partial charge in [0, 0.05) is 23.4 Å². The van der Waals surface area contributed by atoms with Crippen molar-refractivity contribution in [3.05, 3.63) is 44.7 Å². The monoisotopic (exact) mass is 346 g/mol. The van der Waals surface area contributed by atoms with Gasteiger partial charge in [-0.1, -0.05) is 0 Å². The Bertz CT molecular complexity index is 849. The molecule has 2 heterocycles. The summed E-state index contributed by atoms with van der Waals surface area (Å²) in [6.45, 7) is 1.72. The van der Waals surface area contributed by atoms with Gasteiger partial charge in [0.25, 0.3) is 0 Å². The van der Waals surface area contributed by atoms with Gasteiger partial charge in [-0.2, -0.15) is 0 Å². The van der Waals surface area contributed by atoms with E-state index in [0.29, 0.717) is 24.1 Å². The second-order valence-electron chi connectivity index (χ2n) is 6.05. The maximum Gasteiger partial charge on any atom is 0.342 e. The molecule has 25 heavy (non-hydrogen) atoms. The lowest BCUT2D eigenvalue weighted by Crippen LogP contribution is -2.35. The van der Waals surface area contributed by atoms with Crippen molar-refractivity contribution in [1.29, 1.82) is 0 Å². The number of methoxy groups -OCH3 is 1. The van der Waals surface area contributed by atoms with Gasteiger partial charge in [-0.3, -0.25) is 4.79 Å². The third-order valence-corrected chi connectivity index (χ3v) is 4.63. The molecule has 132 valence electrons. The molecule has 1 unspecified atom stereocenters. The van der Waals surface area contributed by atoms with Crippen LogP contribution in [-0.2, 0) is 21.4 Å². The Kier molecular flexibility index (Phi) is 4.15. The van der Waals surface area contributed by atoms with Crippen molar-refractivity contribution in [3.8, 4) is 0 Å². The van der Waals surface area contributed by atoms with Gasteiger partial charge in [0.15, 0.2) is 5.78 Å². The number of rotatable bonds is 3. The molecule has 0 fully saturated rings. The normalized spacial score (nSPS) is 20.3. The van der Waals surface area contributed by atoms with Crippen molar-refractivity contribution >= 4 is 17.6 Å². The average Bonchev–Trinajstić information content (AvgIpc) is 2.94. The summed E-state index contributed by atoms with van der Waals surface area (Å²) < 4.78 is 6.18. The minimum atomic E-state index is -0.782. The summed E-state index contributed by atoms with van der Waals surface area (Å²) >= 11 is 0. The van der Waals surface area contributed by atoms with E-state index in [-0.39, 0.29) is 23.0 Å². The van der Waals surface area contributed by atoms with Crippen molar-refractivity contribution < 1.29 is 19.2 Å². The number of hydrogen-bond acceptors (Lipinski definition) is 7. The highest BCUT2D eigenvalue weighted by molar-refractivity contribution is 6.03. The number of aromatic nitrogens is 2. The van der Waals surface area contributed by atoms with Crippen LogP contribution in [0.3, 0.4) is 0 Å². The minimum absolute atomic E-state index is 0.0849. The molecule has 1 atom stereocenters. The first kappa shape index (κ1) is 16.9. The first-order valence-electron chi connectivity index (χ1n) is 7.85. The molecular formula is C16H18N4O5. The van der Waals surface area contributed by atoms with Crippen LogP contribution in [0, 0.1) is 10.1 Å². The van der Waals surface area contributed by atoms with Crippen LogP contribution in [0.1, 0.15) is 37.9 Å². The van der Waals surface area contributed by atoms with Gasteiger partial charge >= 0.3 is 11.8 Å². The van der Waals surface area contributed by atoms with Crippen molar-refractivity contribution in [1.82, 2.24) is 14.9 Å². The van der Waals surface area contributed by atoms with Crippen LogP contribution in [0.5, 0.6) is 0 Å². The van der Waals surface area contributed by atoms with Crippen LogP contribution in [0.4, 0.5) is 5.82 Å². The second kappa shape index (κ2) is 6.15. The zero-order valence-electron chi connectivity index (χ0n) is 14.2. The van der Waals surface area contributed by atoms with Crippen LogP contribution in [-0.4, -0.2) is 33.3 Å². The van der Waals surface area contributed by atoms with Crippen LogP contribution < -0.4 is 5.32 Å². The molecule has 1 aromatic rings. The Morgan fingerprint density at radius 1 is 1.48 bits per heavy atom. The zero-order valence-corrected chi connectivity index (χ0v) is 14.2. The summed E-state index contributed by atoms with van der Waals surface area (Å²) in [5.74, 6) is -1.39. The van der Waals surface area contributed by atoms with Crippen molar-refractivity contribution in [2.75, 3.05) is 7.11 Å². The molecule has 1 aromatic heterocycles. The number of dihydropyridines is 1. The van der Waals surface area contributed by atoms with Gasteiger partial charge in [0.1, 0.15) is 12.1 Å². The predicted molar refractivity (Wildman–Crippen MR) is 86.3 cm³/mol. The zero-order chi connectivity index (χ0) is 18.3. The quantitative estimate of drug-likeness (QED) is 0.500. The number of allylic oxidation sites excluding steroid dienone is 3. The topological polar surface area (TPSA) is 116 Å². The van der Waals surface area contributed by atoms with Gasteiger partial charge in [-0.05, 0) is 24.7 Å². The summed E-state index contributed by atoms with van der Waals surface area (Å²) in [6, 6.07) is 0. The number of nitro groups is 1. The number of nitrogens with one attached hydrogen (secondary N) is 1. The molecule has 2 aliphatic rings. The van der Waals surface area contributed by atoms with E-state index in [1.165, 1.54) is 18.7 Å². The highest BCUT2D eigenvalue weighted by Gasteiger charge is 2.43. The number of ether oxygens (including phenoxy) is 1. The molecule has 0 bridgehead atoms. The summed E-state index contributed by atoms with van der Waals surface area (Å²) in [5.41, 5.74) is 2.01. The second-order valence-corrected chi connectivity index (χ2v) is 6.05. The summed E-state index contributed by atoms with van der Waals surface area (Å²) in [7, 11) is 2.76. The SMILES string of the molecule is COC(=O)C1=C(C)NC2=C(C(=O)CCC2)C1c1ncc([N+](=O)[O-])n1C. The molecule has 1 aliphatic heterocycles. The van der Waals surface area contributed by atoms with E-state index in [1.807, 2.05) is 0 Å². The van der Waals surface area contributed by atoms with E-state index in [9.17, 15) is 19.7 Å². The molecule has 0 saturated heterocycles. The third kappa shape index (κ3) is 2.61. The summed E-state index contributed by atoms with van der Waals surface area (Å²) in [6.07, 6.45) is 2.90. The van der Waals surface area contributed by atoms with Gasteiger partial charge in [0.05, 0.1) is 19.7 Å². The van der Waals surface area contributed by atoms with Gasteiger partial charge < -0.3 is 20.2 Å². The Labute approximate surface area is 143 Å². The molecule has 0 saturated carbocycles. The molecular weight excluding hydrogens is 328 g/mol. The molecule has 3 rings (SSSR count). The number of carbonyl (C=O) groups excluding carboxylic acids is 2. The van der Waals surface area contributed by atoms with Gasteiger partial charge in [-0.15, -0.1) is 0 Å². The fourth-order valence-corrected chi connectivity index (χ4v) is 3.47. The third-order valence-electron chi connectivity index (χ3n) is 4.63. The fourth-order valence-electron chi connectivity index (χ4n) is 3.47. The molecule has 0 amide bonds. The number of Topliss-reactive ketones (excluding diaryl/α,β-unsaturated/α-hetero) is 1. The van der Waals surface area contributed by atoms with Crippen molar-refractivity contribution in [2.24, 2.45) is 7.05 Å². The lowest BCUT2D eigenvalue weighted by molar-refractivity contribution is -0.391. The molecule has 0 aromatic carbocycles. The Hall–Kier alpha value is -2.97. The van der Waals surface area contributed by atoms with Crippen LogP contribution >= 0.6 is 0 Å². The fraction of sp³-hybridized carbons (Fsp3) is 0.438. The largest absolute Gasteiger partial charge is 0.466 e. The molecule has 1 N–H and O–H groups in total. The van der Waals surface area contributed by atoms with E-state index in [0.717, 1.165) is 18.3 Å². The standard InChI is InChI=1S/C16H18N4O5/c1-8-12(16(22)25-3)14(13-9(18-8)5-4-6-10(13)21)15-17-7-11(19(15)2)20(23)24/h7,14,18H,4-6H2,1-3H3. The Balaban J connectivity index is 2.23. The molecule has 0 spiro atoms. The Morgan fingerprint density at radius 2 is 2.20 bits per heavy atom. The highest BCUT2D eigenvalue weighted by Crippen LogP contribution is 2.42. The summed E-state index contributed by atoms with van der Waals surface area (Å²) in [5, 5.41) is 14.3. The number of nitrogens with zero attached hydrogens (tertiary/aromatic N) is 3. The maximum atomic E-state index is 12.6. The number of imidazole rings is 1. The number of esters is 1. The van der Waals surface area contributed by atoms with Crippen LogP contribution in [0.25, 0.3) is 0 Å². The van der Waals surface area contributed by atoms with Crippen molar-refractivity contribution in [3.63, 3.8) is 0 Å². The highest BCUT2D eigenvalue weighted by atomic mass is 16.6. The summed E-state index contributed by atoms with van der Waals surface area (Å²) in [4.78, 5) is 39.7. The van der Waals surface area contributed by atoms with Crippen molar-refractivity contribution in [2.45, 2.75) is 32.1 Å². The number of ketones is 1.